The van der Waals surface area contributed by atoms with Crippen molar-refractivity contribution >= 4 is 17.5 Å². The standard InChI is InChI=1S/C15H23N3O2/c1-15(2,3)17-10-14(20)18-12-7-5-11(6-8-12)9-13(19)16-4/h5-8,17H,9-10H2,1-4H3,(H,16,19)(H,18,20). The second-order valence-corrected chi connectivity index (χ2v) is 5.70. The summed E-state index contributed by atoms with van der Waals surface area (Å²) in [4.78, 5) is 23.0. The Morgan fingerprint density at radius 2 is 1.65 bits per heavy atom. The predicted molar refractivity (Wildman–Crippen MR) is 80.6 cm³/mol. The molecular formula is C15H23N3O2. The smallest absolute Gasteiger partial charge is 0.238 e. The van der Waals surface area contributed by atoms with Crippen LogP contribution in [0.15, 0.2) is 24.3 Å². The molecule has 0 aromatic heterocycles. The molecule has 1 aromatic rings. The van der Waals surface area contributed by atoms with E-state index in [0.717, 1.165) is 11.3 Å². The van der Waals surface area contributed by atoms with Crippen LogP contribution in [0.4, 0.5) is 5.69 Å². The van der Waals surface area contributed by atoms with Gasteiger partial charge in [-0.3, -0.25) is 9.59 Å². The van der Waals surface area contributed by atoms with Crippen molar-refractivity contribution < 1.29 is 9.59 Å². The van der Waals surface area contributed by atoms with Crippen molar-refractivity contribution in [1.29, 1.82) is 0 Å². The summed E-state index contributed by atoms with van der Waals surface area (Å²) in [5, 5.41) is 8.50. The summed E-state index contributed by atoms with van der Waals surface area (Å²) < 4.78 is 0. The summed E-state index contributed by atoms with van der Waals surface area (Å²) in [6.45, 7) is 6.29. The summed E-state index contributed by atoms with van der Waals surface area (Å²) in [7, 11) is 1.61. The van der Waals surface area contributed by atoms with Gasteiger partial charge in [0.15, 0.2) is 0 Å². The number of amides is 2. The van der Waals surface area contributed by atoms with Crippen molar-refractivity contribution in [3.05, 3.63) is 29.8 Å². The van der Waals surface area contributed by atoms with Crippen LogP contribution in [0.3, 0.4) is 0 Å². The Morgan fingerprint density at radius 3 is 2.15 bits per heavy atom. The van der Waals surface area contributed by atoms with Gasteiger partial charge in [-0.2, -0.15) is 0 Å². The summed E-state index contributed by atoms with van der Waals surface area (Å²) >= 11 is 0. The molecule has 0 bridgehead atoms. The molecule has 1 rings (SSSR count). The number of carbonyl (C=O) groups is 2. The van der Waals surface area contributed by atoms with E-state index in [1.54, 1.807) is 19.2 Å². The average Bonchev–Trinajstić information content (AvgIpc) is 2.38. The SMILES string of the molecule is CNC(=O)Cc1ccc(NC(=O)CNC(C)(C)C)cc1. The molecule has 0 aliphatic carbocycles. The van der Waals surface area contributed by atoms with Gasteiger partial charge < -0.3 is 16.0 Å². The van der Waals surface area contributed by atoms with Crippen molar-refractivity contribution in [3.8, 4) is 0 Å². The van der Waals surface area contributed by atoms with Gasteiger partial charge in [0.05, 0.1) is 13.0 Å². The Balaban J connectivity index is 2.49. The van der Waals surface area contributed by atoms with Crippen LogP contribution in [0.25, 0.3) is 0 Å². The minimum atomic E-state index is -0.0886. The molecule has 110 valence electrons. The molecule has 1 aromatic carbocycles. The van der Waals surface area contributed by atoms with Crippen LogP contribution in [-0.2, 0) is 16.0 Å². The predicted octanol–water partition coefficient (Wildman–Crippen LogP) is 1.30. The average molecular weight is 277 g/mol. The van der Waals surface area contributed by atoms with E-state index in [1.165, 1.54) is 0 Å². The van der Waals surface area contributed by atoms with Gasteiger partial charge in [0, 0.05) is 18.3 Å². The number of benzene rings is 1. The number of likely N-dealkylation sites (N-methyl/N-ethyl adjacent to an activating group) is 1. The van der Waals surface area contributed by atoms with Gasteiger partial charge in [0.25, 0.3) is 0 Å². The third-order valence-corrected chi connectivity index (χ3v) is 2.66. The van der Waals surface area contributed by atoms with Gasteiger partial charge in [-0.15, -0.1) is 0 Å². The van der Waals surface area contributed by atoms with Crippen LogP contribution in [0.1, 0.15) is 26.3 Å². The number of hydrogen-bond acceptors (Lipinski definition) is 3. The maximum atomic E-state index is 11.7. The van der Waals surface area contributed by atoms with Crippen LogP contribution in [0.5, 0.6) is 0 Å². The van der Waals surface area contributed by atoms with Gasteiger partial charge in [0.1, 0.15) is 0 Å². The lowest BCUT2D eigenvalue weighted by atomic mass is 10.1. The van der Waals surface area contributed by atoms with Crippen LogP contribution in [-0.4, -0.2) is 30.9 Å². The highest BCUT2D eigenvalue weighted by Crippen LogP contribution is 2.10. The maximum absolute atomic E-state index is 11.7. The molecule has 5 nitrogen and oxygen atoms in total. The molecule has 0 unspecified atom stereocenters. The first kappa shape index (κ1) is 16.2. The van der Waals surface area contributed by atoms with E-state index < -0.39 is 0 Å². The van der Waals surface area contributed by atoms with Gasteiger partial charge in [-0.1, -0.05) is 12.1 Å². The monoisotopic (exact) mass is 277 g/mol. The summed E-state index contributed by atoms with van der Waals surface area (Å²) in [5.41, 5.74) is 1.55. The number of hydrogen-bond donors (Lipinski definition) is 3. The zero-order chi connectivity index (χ0) is 15.2. The molecule has 0 atom stereocenters. The summed E-state index contributed by atoms with van der Waals surface area (Å²) in [6, 6.07) is 7.27. The fourth-order valence-corrected chi connectivity index (χ4v) is 1.53. The Labute approximate surface area is 120 Å². The topological polar surface area (TPSA) is 70.2 Å². The van der Waals surface area contributed by atoms with E-state index in [0.29, 0.717) is 6.42 Å². The first-order chi connectivity index (χ1) is 9.30. The van der Waals surface area contributed by atoms with E-state index in [4.69, 9.17) is 0 Å². The lowest BCUT2D eigenvalue weighted by molar-refractivity contribution is -0.120. The molecule has 3 N–H and O–H groups in total. The summed E-state index contributed by atoms with van der Waals surface area (Å²) in [5.74, 6) is -0.116. The zero-order valence-electron chi connectivity index (χ0n) is 12.5. The Morgan fingerprint density at radius 1 is 1.05 bits per heavy atom. The van der Waals surface area contributed by atoms with Crippen molar-refractivity contribution in [2.75, 3.05) is 18.9 Å². The highest BCUT2D eigenvalue weighted by Gasteiger charge is 2.11. The van der Waals surface area contributed by atoms with Crippen LogP contribution in [0.2, 0.25) is 0 Å². The lowest BCUT2D eigenvalue weighted by Crippen LogP contribution is -2.41. The Hall–Kier alpha value is -1.88. The minimum Gasteiger partial charge on any atom is -0.359 e. The lowest BCUT2D eigenvalue weighted by Gasteiger charge is -2.20. The van der Waals surface area contributed by atoms with E-state index >= 15 is 0 Å². The van der Waals surface area contributed by atoms with Gasteiger partial charge in [0.2, 0.25) is 11.8 Å². The van der Waals surface area contributed by atoms with Crippen molar-refractivity contribution in [2.24, 2.45) is 0 Å². The fourth-order valence-electron chi connectivity index (χ4n) is 1.53. The van der Waals surface area contributed by atoms with Crippen LogP contribution < -0.4 is 16.0 Å². The highest BCUT2D eigenvalue weighted by molar-refractivity contribution is 5.92. The van der Waals surface area contributed by atoms with Crippen molar-refractivity contribution in [3.63, 3.8) is 0 Å². The third kappa shape index (κ3) is 6.33. The molecule has 0 saturated carbocycles. The molecule has 0 radical (unpaired) electrons. The molecule has 0 saturated heterocycles. The van der Waals surface area contributed by atoms with Crippen LogP contribution in [0, 0.1) is 0 Å². The molecule has 20 heavy (non-hydrogen) atoms. The van der Waals surface area contributed by atoms with E-state index in [2.05, 4.69) is 16.0 Å². The molecule has 0 aliphatic heterocycles. The first-order valence-electron chi connectivity index (χ1n) is 6.64. The fraction of sp³-hybridized carbons (Fsp3) is 0.467. The molecule has 5 heteroatoms. The summed E-state index contributed by atoms with van der Waals surface area (Å²) in [6.07, 6.45) is 0.344. The van der Waals surface area contributed by atoms with Crippen molar-refractivity contribution in [1.82, 2.24) is 10.6 Å². The van der Waals surface area contributed by atoms with Crippen molar-refractivity contribution in [2.45, 2.75) is 32.7 Å². The molecule has 0 spiro atoms. The van der Waals surface area contributed by atoms with E-state index in [9.17, 15) is 9.59 Å². The number of rotatable bonds is 5. The van der Waals surface area contributed by atoms with E-state index in [1.807, 2.05) is 32.9 Å². The molecular weight excluding hydrogens is 254 g/mol. The number of carbonyl (C=O) groups excluding carboxylic acids is 2. The second kappa shape index (κ2) is 7.05. The molecule has 2 amide bonds. The second-order valence-electron chi connectivity index (χ2n) is 5.70. The maximum Gasteiger partial charge on any atom is 0.238 e. The van der Waals surface area contributed by atoms with E-state index in [-0.39, 0.29) is 23.9 Å². The quantitative estimate of drug-likeness (QED) is 0.760. The van der Waals surface area contributed by atoms with Crippen LogP contribution >= 0.6 is 0 Å². The van der Waals surface area contributed by atoms with Gasteiger partial charge in [-0.25, -0.2) is 0 Å². The third-order valence-electron chi connectivity index (χ3n) is 2.66. The molecule has 0 fully saturated rings. The normalized spacial score (nSPS) is 11.0. The Bertz CT molecular complexity index is 461. The molecule has 0 heterocycles. The largest absolute Gasteiger partial charge is 0.359 e. The Kier molecular flexibility index (Phi) is 5.70. The molecule has 0 aliphatic rings. The van der Waals surface area contributed by atoms with Gasteiger partial charge >= 0.3 is 0 Å². The minimum absolute atomic E-state index is 0.0313. The first-order valence-corrected chi connectivity index (χ1v) is 6.64. The number of nitrogens with one attached hydrogen (secondary N) is 3. The highest BCUT2D eigenvalue weighted by atomic mass is 16.2. The zero-order valence-corrected chi connectivity index (χ0v) is 12.5. The number of anilines is 1. The van der Waals surface area contributed by atoms with Gasteiger partial charge in [-0.05, 0) is 38.5 Å².